The number of carbonyl (C=O) groups is 2. The van der Waals surface area contributed by atoms with Gasteiger partial charge in [-0.25, -0.2) is 0 Å². The van der Waals surface area contributed by atoms with E-state index in [4.69, 9.17) is 9.47 Å². The zero-order valence-corrected chi connectivity index (χ0v) is 16.5. The lowest BCUT2D eigenvalue weighted by Crippen LogP contribution is -2.51. The summed E-state index contributed by atoms with van der Waals surface area (Å²) in [6.45, 7) is 3.24. The first kappa shape index (κ1) is 19.0. The molecule has 2 amide bonds. The van der Waals surface area contributed by atoms with E-state index in [-0.39, 0.29) is 11.8 Å². The molecule has 1 unspecified atom stereocenters. The van der Waals surface area contributed by atoms with Gasteiger partial charge < -0.3 is 23.8 Å². The molecule has 150 valence electrons. The minimum atomic E-state index is -0.831. The average Bonchev–Trinajstić information content (AvgIpc) is 3.43. The van der Waals surface area contributed by atoms with Crippen molar-refractivity contribution in [3.63, 3.8) is 0 Å². The van der Waals surface area contributed by atoms with Crippen molar-refractivity contribution in [2.45, 2.75) is 18.4 Å². The molecule has 1 fully saturated rings. The van der Waals surface area contributed by atoms with E-state index in [1.807, 2.05) is 46.0 Å². The second-order valence-corrected chi connectivity index (χ2v) is 7.89. The summed E-state index contributed by atoms with van der Waals surface area (Å²) in [4.78, 5) is 29.3. The molecule has 1 saturated heterocycles. The van der Waals surface area contributed by atoms with Crippen LogP contribution in [0, 0.1) is 0 Å². The summed E-state index contributed by atoms with van der Waals surface area (Å²) in [7, 11) is 3.56. The number of rotatable bonds is 5. The van der Waals surface area contributed by atoms with Crippen LogP contribution in [0.2, 0.25) is 0 Å². The second-order valence-electron chi connectivity index (χ2n) is 7.89. The fraction of sp³-hybridized carbons (Fsp3) is 0.524. The molecule has 0 aromatic carbocycles. The number of amides is 2. The van der Waals surface area contributed by atoms with Crippen molar-refractivity contribution in [2.24, 2.45) is 7.05 Å². The molecule has 3 aliphatic rings. The number of hydrogen-bond acceptors (Lipinski definition) is 4. The summed E-state index contributed by atoms with van der Waals surface area (Å²) in [5, 5.41) is 0. The smallest absolute Gasteiger partial charge is 0.257 e. The third-order valence-corrected chi connectivity index (χ3v) is 5.77. The molecule has 7 nitrogen and oxygen atoms in total. The topological polar surface area (TPSA) is 64.0 Å². The van der Waals surface area contributed by atoms with Crippen LogP contribution in [0.3, 0.4) is 0 Å². The Kier molecular flexibility index (Phi) is 5.12. The molecule has 7 heteroatoms. The molecular formula is C21H27N3O4. The molecule has 0 N–H and O–H groups in total. The van der Waals surface area contributed by atoms with Crippen LogP contribution < -0.4 is 0 Å². The van der Waals surface area contributed by atoms with Crippen molar-refractivity contribution in [3.8, 4) is 0 Å². The molecule has 1 aromatic rings. The Morgan fingerprint density at radius 3 is 2.50 bits per heavy atom. The minimum absolute atomic E-state index is 0.00566. The van der Waals surface area contributed by atoms with Crippen molar-refractivity contribution < 1.29 is 19.1 Å². The first-order chi connectivity index (χ1) is 13.5. The average molecular weight is 385 g/mol. The Balaban J connectivity index is 1.34. The maximum Gasteiger partial charge on any atom is 0.257 e. The van der Waals surface area contributed by atoms with E-state index >= 15 is 0 Å². The maximum absolute atomic E-state index is 13.1. The van der Waals surface area contributed by atoms with Crippen LogP contribution in [0.15, 0.2) is 35.7 Å². The lowest BCUT2D eigenvalue weighted by Gasteiger charge is -2.32. The van der Waals surface area contributed by atoms with Gasteiger partial charge in [-0.15, -0.1) is 0 Å². The molecular weight excluding hydrogens is 358 g/mol. The third-order valence-electron chi connectivity index (χ3n) is 5.77. The molecule has 0 bridgehead atoms. The van der Waals surface area contributed by atoms with Gasteiger partial charge >= 0.3 is 0 Å². The fourth-order valence-electron chi connectivity index (χ4n) is 4.34. The number of aromatic nitrogens is 1. The predicted octanol–water partition coefficient (Wildman–Crippen LogP) is 1.21. The molecule has 4 rings (SSSR count). The first-order valence-corrected chi connectivity index (χ1v) is 9.72. The number of ether oxygens (including phenoxy) is 2. The predicted molar refractivity (Wildman–Crippen MR) is 104 cm³/mol. The minimum Gasteiger partial charge on any atom is -0.381 e. The normalized spacial score (nSPS) is 24.6. The molecule has 0 aliphatic carbocycles. The molecule has 4 heterocycles. The Morgan fingerprint density at radius 2 is 1.93 bits per heavy atom. The van der Waals surface area contributed by atoms with Gasteiger partial charge in [-0.1, -0.05) is 0 Å². The van der Waals surface area contributed by atoms with Gasteiger partial charge in [0.1, 0.15) is 0 Å². The van der Waals surface area contributed by atoms with Crippen LogP contribution >= 0.6 is 0 Å². The highest BCUT2D eigenvalue weighted by molar-refractivity contribution is 5.93. The number of carbonyl (C=O) groups excluding carboxylic acids is 2. The second kappa shape index (κ2) is 7.56. The van der Waals surface area contributed by atoms with Gasteiger partial charge in [-0.2, -0.15) is 0 Å². The molecule has 1 atom stereocenters. The van der Waals surface area contributed by atoms with Gasteiger partial charge in [0.25, 0.3) is 5.91 Å². The van der Waals surface area contributed by atoms with Crippen LogP contribution in [-0.4, -0.2) is 78.3 Å². The largest absolute Gasteiger partial charge is 0.381 e. The van der Waals surface area contributed by atoms with Gasteiger partial charge in [-0.05, 0) is 41.7 Å². The third kappa shape index (κ3) is 3.52. The van der Waals surface area contributed by atoms with E-state index < -0.39 is 5.60 Å². The first-order valence-electron chi connectivity index (χ1n) is 9.72. The highest BCUT2D eigenvalue weighted by Crippen LogP contribution is 2.33. The Hall–Kier alpha value is -2.38. The molecule has 3 aliphatic heterocycles. The van der Waals surface area contributed by atoms with Gasteiger partial charge in [0.05, 0.1) is 6.61 Å². The van der Waals surface area contributed by atoms with Crippen molar-refractivity contribution >= 4 is 17.9 Å². The van der Waals surface area contributed by atoms with Gasteiger partial charge in [0, 0.05) is 65.4 Å². The Bertz CT molecular complexity index is 814. The van der Waals surface area contributed by atoms with E-state index in [9.17, 15) is 9.59 Å². The number of hydrogen-bond donors (Lipinski definition) is 0. The summed E-state index contributed by atoms with van der Waals surface area (Å²) in [5.74, 6) is 0.0224. The molecule has 0 spiro atoms. The van der Waals surface area contributed by atoms with Gasteiger partial charge in [-0.3, -0.25) is 9.59 Å². The fourth-order valence-corrected chi connectivity index (χ4v) is 4.34. The SMILES string of the molecule is COCC1(C(=O)N2CC3=C(CN(C(=O)/C=C/c4ccn(C)c4)C3)C2)CCCO1. The lowest BCUT2D eigenvalue weighted by atomic mass is 9.99. The Morgan fingerprint density at radius 1 is 1.21 bits per heavy atom. The summed E-state index contributed by atoms with van der Waals surface area (Å²) in [5.41, 5.74) is 2.54. The summed E-state index contributed by atoms with van der Waals surface area (Å²) in [6.07, 6.45) is 8.97. The van der Waals surface area contributed by atoms with Crippen LogP contribution in [-0.2, 0) is 26.1 Å². The Labute approximate surface area is 165 Å². The van der Waals surface area contributed by atoms with Crippen molar-refractivity contribution in [1.29, 1.82) is 0 Å². The number of nitrogens with zero attached hydrogens (tertiary/aromatic N) is 3. The molecule has 0 radical (unpaired) electrons. The quantitative estimate of drug-likeness (QED) is 0.565. The van der Waals surface area contributed by atoms with Crippen molar-refractivity contribution in [2.75, 3.05) is 46.5 Å². The lowest BCUT2D eigenvalue weighted by molar-refractivity contribution is -0.157. The van der Waals surface area contributed by atoms with Crippen molar-refractivity contribution in [1.82, 2.24) is 14.4 Å². The number of methoxy groups -OCH3 is 1. The van der Waals surface area contributed by atoms with Crippen LogP contribution in [0.5, 0.6) is 0 Å². The monoisotopic (exact) mass is 385 g/mol. The summed E-state index contributed by atoms with van der Waals surface area (Å²) < 4.78 is 13.0. The van der Waals surface area contributed by atoms with E-state index in [0.29, 0.717) is 45.8 Å². The molecule has 28 heavy (non-hydrogen) atoms. The van der Waals surface area contributed by atoms with Crippen molar-refractivity contribution in [3.05, 3.63) is 41.2 Å². The van der Waals surface area contributed by atoms with Gasteiger partial charge in [0.2, 0.25) is 5.91 Å². The standard InChI is InChI=1S/C21H27N3O4/c1-22-8-6-16(10-22)4-5-19(25)23-11-17-13-24(14-18(17)12-23)20(26)21(15-27-2)7-3-9-28-21/h4-6,8,10H,3,7,9,11-15H2,1-2H3/b5-4+. The van der Waals surface area contributed by atoms with E-state index in [1.165, 1.54) is 11.1 Å². The molecule has 1 aromatic heterocycles. The van der Waals surface area contributed by atoms with Crippen LogP contribution in [0.25, 0.3) is 6.08 Å². The number of aryl methyl sites for hydroxylation is 1. The summed E-state index contributed by atoms with van der Waals surface area (Å²) >= 11 is 0. The van der Waals surface area contributed by atoms with Crippen LogP contribution in [0.4, 0.5) is 0 Å². The zero-order chi connectivity index (χ0) is 19.7. The highest BCUT2D eigenvalue weighted by atomic mass is 16.5. The van der Waals surface area contributed by atoms with Gasteiger partial charge in [0.15, 0.2) is 5.60 Å². The van der Waals surface area contributed by atoms with E-state index in [1.54, 1.807) is 13.2 Å². The van der Waals surface area contributed by atoms with E-state index in [0.717, 1.165) is 12.0 Å². The summed E-state index contributed by atoms with van der Waals surface area (Å²) in [6, 6.07) is 1.97. The maximum atomic E-state index is 13.1. The van der Waals surface area contributed by atoms with E-state index in [2.05, 4.69) is 0 Å². The zero-order valence-electron chi connectivity index (χ0n) is 16.5. The highest BCUT2D eigenvalue weighted by Gasteiger charge is 2.47. The van der Waals surface area contributed by atoms with Crippen LogP contribution in [0.1, 0.15) is 18.4 Å². The molecule has 0 saturated carbocycles.